The van der Waals surface area contributed by atoms with E-state index in [0.717, 1.165) is 26.4 Å². The van der Waals surface area contributed by atoms with Crippen molar-refractivity contribution in [3.8, 4) is 0 Å². The number of hydrogen-bond acceptors (Lipinski definition) is 7. The average Bonchev–Trinajstić information content (AvgIpc) is 2.88. The first-order chi connectivity index (χ1) is 12.8. The number of aromatic nitrogens is 2. The lowest BCUT2D eigenvalue weighted by Crippen LogP contribution is -2.15. The average molecular weight is 403 g/mol. The summed E-state index contributed by atoms with van der Waals surface area (Å²) in [6, 6.07) is 4.72. The maximum absolute atomic E-state index is 12.4. The highest BCUT2D eigenvalue weighted by atomic mass is 32.2. The van der Waals surface area contributed by atoms with Gasteiger partial charge in [-0.1, -0.05) is 17.8 Å². The summed E-state index contributed by atoms with van der Waals surface area (Å²) in [6.07, 6.45) is 0. The first-order valence-corrected chi connectivity index (χ1v) is 9.98. The van der Waals surface area contributed by atoms with Crippen LogP contribution in [0.15, 0.2) is 23.2 Å². The number of hydrogen-bond donors (Lipinski definition) is 1. The molecule has 3 rings (SSSR count). The van der Waals surface area contributed by atoms with Gasteiger partial charge in [-0.25, -0.2) is 9.97 Å². The summed E-state index contributed by atoms with van der Waals surface area (Å²) in [4.78, 5) is 34.1. The number of thioether (sulfide) groups is 1. The minimum Gasteiger partial charge on any atom is -0.320 e. The minimum absolute atomic E-state index is 0.102. The number of nitrogens with zero attached hydrogens (tertiary/aromatic N) is 3. The second-order valence-electron chi connectivity index (χ2n) is 6.15. The number of aryl methyl sites for hydroxylation is 4. The Bertz CT molecular complexity index is 1060. The molecule has 27 heavy (non-hydrogen) atoms. The van der Waals surface area contributed by atoms with Gasteiger partial charge in [0.1, 0.15) is 21.4 Å². The largest absolute Gasteiger partial charge is 0.320 e. The van der Waals surface area contributed by atoms with E-state index < -0.39 is 4.92 Å². The molecule has 0 aliphatic rings. The molecule has 7 nitrogen and oxygen atoms in total. The number of nitro groups is 1. The van der Waals surface area contributed by atoms with Crippen molar-refractivity contribution in [2.24, 2.45) is 0 Å². The Hall–Kier alpha value is -2.52. The lowest BCUT2D eigenvalue weighted by molar-refractivity contribution is -0.384. The first-order valence-electron chi connectivity index (χ1n) is 8.18. The fraction of sp³-hybridized carbons (Fsp3) is 0.278. The predicted molar refractivity (Wildman–Crippen MR) is 109 cm³/mol. The van der Waals surface area contributed by atoms with Gasteiger partial charge in [-0.15, -0.1) is 11.3 Å². The highest BCUT2D eigenvalue weighted by molar-refractivity contribution is 8.00. The van der Waals surface area contributed by atoms with Gasteiger partial charge in [0.2, 0.25) is 5.91 Å². The number of carbonyl (C=O) groups excluding carboxylic acids is 1. The van der Waals surface area contributed by atoms with E-state index in [-0.39, 0.29) is 23.0 Å². The third-order valence-corrected chi connectivity index (χ3v) is 6.15. The second-order valence-corrected chi connectivity index (χ2v) is 8.32. The van der Waals surface area contributed by atoms with Crippen LogP contribution in [-0.4, -0.2) is 26.6 Å². The number of fused-ring (bicyclic) bond motifs is 1. The van der Waals surface area contributed by atoms with Gasteiger partial charge in [0, 0.05) is 16.3 Å². The number of rotatable bonds is 5. The molecule has 1 aromatic carbocycles. The molecule has 0 unspecified atom stereocenters. The number of nitro benzene ring substituents is 1. The molecule has 2 heterocycles. The summed E-state index contributed by atoms with van der Waals surface area (Å²) in [6.45, 7) is 7.65. The monoisotopic (exact) mass is 402 g/mol. The number of benzene rings is 1. The van der Waals surface area contributed by atoms with Crippen molar-refractivity contribution in [1.29, 1.82) is 0 Å². The molecule has 0 radical (unpaired) electrons. The van der Waals surface area contributed by atoms with E-state index in [1.807, 2.05) is 20.8 Å². The lowest BCUT2D eigenvalue weighted by atomic mass is 10.2. The molecule has 0 aliphatic carbocycles. The van der Waals surface area contributed by atoms with Gasteiger partial charge < -0.3 is 5.32 Å². The number of anilines is 1. The Morgan fingerprint density at radius 3 is 2.70 bits per heavy atom. The van der Waals surface area contributed by atoms with Crippen molar-refractivity contribution in [3.05, 3.63) is 50.1 Å². The molecule has 2 aromatic heterocycles. The van der Waals surface area contributed by atoms with Crippen molar-refractivity contribution >= 4 is 50.6 Å². The van der Waals surface area contributed by atoms with E-state index in [0.29, 0.717) is 5.82 Å². The molecule has 1 N–H and O–H groups in total. The second kappa shape index (κ2) is 7.61. The zero-order valence-corrected chi connectivity index (χ0v) is 17.0. The molecule has 0 aliphatic heterocycles. The standard InChI is InChI=1S/C18H18N4O3S2/c1-9-5-6-13(14(7-9)22(24)25)21-15(23)8-26-17-16-10(2)11(3)27-18(16)20-12(4)19-17/h5-7H,8H2,1-4H3,(H,21,23). The SMILES string of the molecule is Cc1ccc(NC(=O)CSc2nc(C)nc3sc(C)c(C)c23)c([N+](=O)[O-])c1. The van der Waals surface area contributed by atoms with Crippen LogP contribution < -0.4 is 5.32 Å². The topological polar surface area (TPSA) is 98.0 Å². The van der Waals surface area contributed by atoms with E-state index in [1.165, 1.54) is 22.7 Å². The molecule has 140 valence electrons. The summed E-state index contributed by atoms with van der Waals surface area (Å²) >= 11 is 2.92. The molecule has 0 saturated heterocycles. The zero-order chi connectivity index (χ0) is 19.7. The van der Waals surface area contributed by atoms with E-state index in [9.17, 15) is 14.9 Å². The normalized spacial score (nSPS) is 11.0. The minimum atomic E-state index is -0.495. The molecular weight excluding hydrogens is 384 g/mol. The van der Waals surface area contributed by atoms with E-state index >= 15 is 0 Å². The van der Waals surface area contributed by atoms with Gasteiger partial charge >= 0.3 is 0 Å². The van der Waals surface area contributed by atoms with Crippen molar-refractivity contribution in [2.45, 2.75) is 32.7 Å². The zero-order valence-electron chi connectivity index (χ0n) is 15.3. The summed E-state index contributed by atoms with van der Waals surface area (Å²) in [5.74, 6) is 0.437. The quantitative estimate of drug-likeness (QED) is 0.291. The Morgan fingerprint density at radius 1 is 1.26 bits per heavy atom. The van der Waals surface area contributed by atoms with Crippen molar-refractivity contribution in [2.75, 3.05) is 11.1 Å². The van der Waals surface area contributed by atoms with Crippen LogP contribution in [0.1, 0.15) is 21.8 Å². The molecule has 0 atom stereocenters. The van der Waals surface area contributed by atoms with E-state index in [4.69, 9.17) is 0 Å². The Kier molecular flexibility index (Phi) is 5.43. The van der Waals surface area contributed by atoms with Crippen LogP contribution in [0.3, 0.4) is 0 Å². The first kappa shape index (κ1) is 19.2. The van der Waals surface area contributed by atoms with Crippen LogP contribution in [0.25, 0.3) is 10.2 Å². The molecule has 1 amide bonds. The van der Waals surface area contributed by atoms with E-state index in [2.05, 4.69) is 15.3 Å². The van der Waals surface area contributed by atoms with Gasteiger partial charge in [0.05, 0.1) is 10.7 Å². The van der Waals surface area contributed by atoms with Gasteiger partial charge in [-0.2, -0.15) is 0 Å². The molecule has 3 aromatic rings. The smallest absolute Gasteiger partial charge is 0.293 e. The van der Waals surface area contributed by atoms with E-state index in [1.54, 1.807) is 30.4 Å². The van der Waals surface area contributed by atoms with Crippen LogP contribution in [0.2, 0.25) is 0 Å². The fourth-order valence-electron chi connectivity index (χ4n) is 2.64. The number of amides is 1. The van der Waals surface area contributed by atoms with Crippen molar-refractivity contribution < 1.29 is 9.72 Å². The van der Waals surface area contributed by atoms with Crippen molar-refractivity contribution in [1.82, 2.24) is 9.97 Å². The van der Waals surface area contributed by atoms with Crippen LogP contribution in [0.4, 0.5) is 11.4 Å². The fourth-order valence-corrected chi connectivity index (χ4v) is 4.71. The van der Waals surface area contributed by atoms with Crippen LogP contribution >= 0.6 is 23.1 Å². The lowest BCUT2D eigenvalue weighted by Gasteiger charge is -2.08. The highest BCUT2D eigenvalue weighted by Gasteiger charge is 2.18. The highest BCUT2D eigenvalue weighted by Crippen LogP contribution is 2.35. The third-order valence-electron chi connectivity index (χ3n) is 4.07. The summed E-state index contributed by atoms with van der Waals surface area (Å²) < 4.78 is 0. The van der Waals surface area contributed by atoms with Crippen LogP contribution in [0.5, 0.6) is 0 Å². The molecular formula is C18H18N4O3S2. The van der Waals surface area contributed by atoms with Crippen LogP contribution in [-0.2, 0) is 4.79 Å². The number of nitrogens with one attached hydrogen (secondary N) is 1. The molecule has 9 heteroatoms. The van der Waals surface area contributed by atoms with Gasteiger partial charge in [-0.05, 0) is 44.9 Å². The number of carbonyl (C=O) groups is 1. The number of thiophene rings is 1. The van der Waals surface area contributed by atoms with Crippen LogP contribution in [0, 0.1) is 37.8 Å². The predicted octanol–water partition coefficient (Wildman–Crippen LogP) is 4.56. The maximum atomic E-state index is 12.4. The third kappa shape index (κ3) is 4.09. The Labute approximate surface area is 164 Å². The molecule has 0 fully saturated rings. The Morgan fingerprint density at radius 2 is 2.00 bits per heavy atom. The van der Waals surface area contributed by atoms with Gasteiger partial charge in [0.15, 0.2) is 0 Å². The molecule has 0 saturated carbocycles. The molecule has 0 spiro atoms. The van der Waals surface area contributed by atoms with Gasteiger partial charge in [0.25, 0.3) is 5.69 Å². The summed E-state index contributed by atoms with van der Waals surface area (Å²) in [7, 11) is 0. The summed E-state index contributed by atoms with van der Waals surface area (Å²) in [5, 5.41) is 15.6. The Balaban J connectivity index is 1.79. The maximum Gasteiger partial charge on any atom is 0.293 e. The molecule has 0 bridgehead atoms. The van der Waals surface area contributed by atoms with Crippen molar-refractivity contribution in [3.63, 3.8) is 0 Å². The summed E-state index contributed by atoms with van der Waals surface area (Å²) in [5.41, 5.74) is 1.96. The van der Waals surface area contributed by atoms with Gasteiger partial charge in [-0.3, -0.25) is 14.9 Å².